The zero-order valence-corrected chi connectivity index (χ0v) is 22.5. The molecular formula is C31H42N2O4. The first-order valence-corrected chi connectivity index (χ1v) is 14.1. The van der Waals surface area contributed by atoms with Crippen LogP contribution in [-0.2, 0) is 0 Å². The molecular weight excluding hydrogens is 464 g/mol. The Hall–Kier alpha value is -3.02. The van der Waals surface area contributed by atoms with E-state index in [1.165, 1.54) is 0 Å². The van der Waals surface area contributed by atoms with E-state index in [0.717, 1.165) is 77.3 Å². The van der Waals surface area contributed by atoms with Crippen molar-refractivity contribution in [2.75, 3.05) is 26.7 Å². The van der Waals surface area contributed by atoms with Crippen LogP contribution in [0.2, 0.25) is 0 Å². The Bertz CT molecular complexity index is 1040. The van der Waals surface area contributed by atoms with Crippen LogP contribution < -0.4 is 9.47 Å². The highest BCUT2D eigenvalue weighted by molar-refractivity contribution is 5.97. The number of fused-ring (bicyclic) bond motifs is 2. The van der Waals surface area contributed by atoms with Crippen molar-refractivity contribution in [2.24, 2.45) is 0 Å². The first-order chi connectivity index (χ1) is 18.1. The van der Waals surface area contributed by atoms with Gasteiger partial charge in [0, 0.05) is 19.6 Å². The van der Waals surface area contributed by atoms with Crippen LogP contribution in [0.4, 0.5) is 0 Å². The molecule has 2 aromatic rings. The Morgan fingerprint density at radius 2 is 1.62 bits per heavy atom. The fourth-order valence-corrected chi connectivity index (χ4v) is 5.74. The second-order valence-corrected chi connectivity index (χ2v) is 10.3. The van der Waals surface area contributed by atoms with Crippen molar-refractivity contribution in [3.63, 3.8) is 0 Å². The maximum Gasteiger partial charge on any atom is 0.257 e. The third-order valence-corrected chi connectivity index (χ3v) is 7.67. The molecule has 2 aliphatic rings. The normalized spacial score (nSPS) is 21.6. The highest BCUT2D eigenvalue weighted by atomic mass is 16.5. The van der Waals surface area contributed by atoms with Crippen LogP contribution in [0.5, 0.6) is 11.5 Å². The minimum Gasteiger partial charge on any atom is -0.496 e. The van der Waals surface area contributed by atoms with Gasteiger partial charge in [0.05, 0.1) is 24.3 Å². The number of benzene rings is 2. The molecule has 0 bridgehead atoms. The van der Waals surface area contributed by atoms with Crippen LogP contribution in [0.25, 0.3) is 0 Å². The molecule has 1 aliphatic carbocycles. The van der Waals surface area contributed by atoms with Gasteiger partial charge in [-0.25, -0.2) is 0 Å². The quantitative estimate of drug-likeness (QED) is 0.485. The van der Waals surface area contributed by atoms with Gasteiger partial charge in [-0.3, -0.25) is 9.59 Å². The van der Waals surface area contributed by atoms with Crippen LogP contribution >= 0.6 is 0 Å². The van der Waals surface area contributed by atoms with Gasteiger partial charge < -0.3 is 19.3 Å². The van der Waals surface area contributed by atoms with Gasteiger partial charge in [-0.15, -0.1) is 0 Å². The van der Waals surface area contributed by atoms with Crippen molar-refractivity contribution in [1.29, 1.82) is 0 Å². The Balaban J connectivity index is 1.68. The van der Waals surface area contributed by atoms with E-state index in [0.29, 0.717) is 29.2 Å². The molecule has 2 amide bonds. The molecule has 2 atom stereocenters. The Labute approximate surface area is 221 Å². The highest BCUT2D eigenvalue weighted by Gasteiger charge is 2.36. The summed E-state index contributed by atoms with van der Waals surface area (Å²) in [6.45, 7) is 4.33. The summed E-state index contributed by atoms with van der Waals surface area (Å²) < 4.78 is 12.2. The summed E-state index contributed by atoms with van der Waals surface area (Å²) in [5, 5.41) is 0. The molecule has 4 rings (SSSR count). The van der Waals surface area contributed by atoms with E-state index in [1.807, 2.05) is 58.3 Å². The fraction of sp³-hybridized carbons (Fsp3) is 0.548. The smallest absolute Gasteiger partial charge is 0.257 e. The molecule has 1 saturated carbocycles. The number of para-hydroxylation sites is 2. The first kappa shape index (κ1) is 27.0. The van der Waals surface area contributed by atoms with Gasteiger partial charge in [-0.05, 0) is 62.8 Å². The predicted octanol–water partition coefficient (Wildman–Crippen LogP) is 6.34. The number of amides is 2. The van der Waals surface area contributed by atoms with E-state index >= 15 is 0 Å². The minimum atomic E-state index is -0.161. The Kier molecular flexibility index (Phi) is 9.86. The number of nitrogens with zero attached hydrogens (tertiary/aromatic N) is 2. The van der Waals surface area contributed by atoms with E-state index in [4.69, 9.17) is 9.47 Å². The molecule has 0 spiro atoms. The molecule has 37 heavy (non-hydrogen) atoms. The lowest BCUT2D eigenvalue weighted by Gasteiger charge is -2.40. The maximum absolute atomic E-state index is 14.0. The first-order valence-electron chi connectivity index (χ1n) is 14.1. The molecule has 2 aromatic carbocycles. The average molecular weight is 507 g/mol. The average Bonchev–Trinajstić information content (AvgIpc) is 2.94. The molecule has 1 heterocycles. The summed E-state index contributed by atoms with van der Waals surface area (Å²) in [5.74, 6) is 1.27. The fourth-order valence-electron chi connectivity index (χ4n) is 5.74. The molecule has 200 valence electrons. The zero-order chi connectivity index (χ0) is 26.0. The molecule has 1 fully saturated rings. The highest BCUT2D eigenvalue weighted by Crippen LogP contribution is 2.32. The van der Waals surface area contributed by atoms with E-state index in [1.54, 1.807) is 7.11 Å². The van der Waals surface area contributed by atoms with Gasteiger partial charge in [0.1, 0.15) is 17.6 Å². The second kappa shape index (κ2) is 13.5. The molecule has 0 radical (unpaired) electrons. The zero-order valence-electron chi connectivity index (χ0n) is 22.5. The van der Waals surface area contributed by atoms with Crippen LogP contribution in [0.1, 0.15) is 91.8 Å². The number of methoxy groups -OCH3 is 1. The SMILES string of the molecule is CCCN1CCCCCCCN(C(=O)c2ccccc2OC)[C@@H]2CCCC[C@@H]2Oc2ccccc2C1=O. The molecule has 0 N–H and O–H groups in total. The largest absolute Gasteiger partial charge is 0.496 e. The topological polar surface area (TPSA) is 59.1 Å². The summed E-state index contributed by atoms with van der Waals surface area (Å²) in [7, 11) is 1.61. The second-order valence-electron chi connectivity index (χ2n) is 10.3. The van der Waals surface area contributed by atoms with Gasteiger partial charge in [-0.2, -0.15) is 0 Å². The van der Waals surface area contributed by atoms with Crippen LogP contribution in [0, 0.1) is 0 Å². The summed E-state index contributed by atoms with van der Waals surface area (Å²) in [6.07, 6.45) is 9.83. The predicted molar refractivity (Wildman–Crippen MR) is 146 cm³/mol. The van der Waals surface area contributed by atoms with Crippen LogP contribution in [-0.4, -0.2) is 60.5 Å². The number of carbonyl (C=O) groups excluding carboxylic acids is 2. The Morgan fingerprint density at radius 3 is 2.43 bits per heavy atom. The molecule has 1 aliphatic heterocycles. The lowest BCUT2D eigenvalue weighted by molar-refractivity contribution is 0.0268. The Morgan fingerprint density at radius 1 is 0.919 bits per heavy atom. The number of ether oxygens (including phenoxy) is 2. The maximum atomic E-state index is 14.0. The number of hydrogen-bond acceptors (Lipinski definition) is 4. The number of carbonyl (C=O) groups is 2. The van der Waals surface area contributed by atoms with E-state index in [-0.39, 0.29) is 24.0 Å². The van der Waals surface area contributed by atoms with E-state index in [2.05, 4.69) is 6.92 Å². The summed E-state index contributed by atoms with van der Waals surface area (Å²) in [4.78, 5) is 31.6. The van der Waals surface area contributed by atoms with Crippen LogP contribution in [0.3, 0.4) is 0 Å². The van der Waals surface area contributed by atoms with Gasteiger partial charge in [0.25, 0.3) is 11.8 Å². The van der Waals surface area contributed by atoms with E-state index in [9.17, 15) is 9.59 Å². The van der Waals surface area contributed by atoms with E-state index < -0.39 is 0 Å². The van der Waals surface area contributed by atoms with Crippen molar-refractivity contribution in [3.05, 3.63) is 59.7 Å². The third-order valence-electron chi connectivity index (χ3n) is 7.67. The van der Waals surface area contributed by atoms with Gasteiger partial charge in [-0.1, -0.05) is 56.9 Å². The van der Waals surface area contributed by atoms with Gasteiger partial charge in [0.15, 0.2) is 0 Å². The monoisotopic (exact) mass is 506 g/mol. The van der Waals surface area contributed by atoms with Crippen LogP contribution in [0.15, 0.2) is 48.5 Å². The number of rotatable bonds is 4. The summed E-state index contributed by atoms with van der Waals surface area (Å²) in [5.41, 5.74) is 1.22. The molecule has 6 nitrogen and oxygen atoms in total. The van der Waals surface area contributed by atoms with Crippen molar-refractivity contribution >= 4 is 11.8 Å². The van der Waals surface area contributed by atoms with Crippen molar-refractivity contribution in [2.45, 2.75) is 83.3 Å². The van der Waals surface area contributed by atoms with Crippen molar-refractivity contribution in [3.8, 4) is 11.5 Å². The van der Waals surface area contributed by atoms with Gasteiger partial charge >= 0.3 is 0 Å². The standard InChI is InChI=1S/C31H42N2O4/c1-3-21-32-22-13-5-4-6-14-23-33(31(35)24-15-7-10-18-27(24)36-2)26-17-9-12-20-29(26)37-28-19-11-8-16-25(28)30(32)34/h7-8,10-11,15-16,18-19,26,29H,3-6,9,12-14,17,20-23H2,1-2H3/t26-,29+/m1/s1. The lowest BCUT2D eigenvalue weighted by atomic mass is 9.90. The van der Waals surface area contributed by atoms with Gasteiger partial charge in [0.2, 0.25) is 0 Å². The lowest BCUT2D eigenvalue weighted by Crippen LogP contribution is -2.51. The van der Waals surface area contributed by atoms with Crippen molar-refractivity contribution < 1.29 is 19.1 Å². The van der Waals surface area contributed by atoms with Crippen molar-refractivity contribution in [1.82, 2.24) is 9.80 Å². The third kappa shape index (κ3) is 6.65. The summed E-state index contributed by atoms with van der Waals surface area (Å²) in [6, 6.07) is 15.1. The molecule has 0 aromatic heterocycles. The molecule has 0 unspecified atom stereocenters. The minimum absolute atomic E-state index is 0.000693. The summed E-state index contributed by atoms with van der Waals surface area (Å²) >= 11 is 0. The molecule has 0 saturated heterocycles. The number of hydrogen-bond donors (Lipinski definition) is 0. The molecule has 6 heteroatoms.